The molecule has 0 spiro atoms. The van der Waals surface area contributed by atoms with Crippen LogP contribution in [0.4, 0.5) is 4.79 Å². The normalized spacial score (nSPS) is 19.3. The first kappa shape index (κ1) is 15.5. The number of hydrazine groups is 1. The molecule has 6 nitrogen and oxygen atoms in total. The van der Waals surface area contributed by atoms with Crippen LogP contribution >= 0.6 is 0 Å². The lowest BCUT2D eigenvalue weighted by Gasteiger charge is -2.23. The second-order valence-corrected chi connectivity index (χ2v) is 6.16. The third-order valence-electron chi connectivity index (χ3n) is 4.45. The van der Waals surface area contributed by atoms with Crippen molar-refractivity contribution in [3.8, 4) is 0 Å². The summed E-state index contributed by atoms with van der Waals surface area (Å²) in [7, 11) is 0. The number of hydrogen-bond donors (Lipinski definition) is 1. The van der Waals surface area contributed by atoms with Crippen molar-refractivity contribution in [2.75, 3.05) is 6.54 Å². The van der Waals surface area contributed by atoms with E-state index in [1.807, 2.05) is 30.3 Å². The van der Waals surface area contributed by atoms with Gasteiger partial charge < -0.3 is 4.90 Å². The number of urea groups is 1. The Morgan fingerprint density at radius 2 is 1.78 bits per heavy atom. The first-order valence-electron chi connectivity index (χ1n) is 8.11. The number of nitrogens with zero attached hydrogens (tertiary/aromatic N) is 2. The van der Waals surface area contributed by atoms with Gasteiger partial charge in [0.25, 0.3) is 5.91 Å². The Labute approximate surface area is 135 Å². The van der Waals surface area contributed by atoms with Crippen LogP contribution in [0, 0.1) is 5.92 Å². The van der Waals surface area contributed by atoms with Crippen molar-refractivity contribution in [2.24, 2.45) is 5.92 Å². The van der Waals surface area contributed by atoms with Gasteiger partial charge in [-0.2, -0.15) is 5.01 Å². The van der Waals surface area contributed by atoms with Gasteiger partial charge in [-0.05, 0) is 18.4 Å². The van der Waals surface area contributed by atoms with Crippen LogP contribution < -0.4 is 5.43 Å². The van der Waals surface area contributed by atoms with Crippen molar-refractivity contribution in [1.82, 2.24) is 15.3 Å². The molecule has 122 valence electrons. The molecule has 0 aromatic heterocycles. The average molecular weight is 315 g/mol. The second kappa shape index (κ2) is 6.81. The molecule has 2 aliphatic rings. The summed E-state index contributed by atoms with van der Waals surface area (Å²) in [5.41, 5.74) is 3.47. The Morgan fingerprint density at radius 1 is 1.09 bits per heavy atom. The number of carbonyl (C=O) groups excluding carboxylic acids is 3. The summed E-state index contributed by atoms with van der Waals surface area (Å²) < 4.78 is 0. The van der Waals surface area contributed by atoms with Gasteiger partial charge in [0.2, 0.25) is 5.91 Å². The Balaban J connectivity index is 1.61. The van der Waals surface area contributed by atoms with Crippen LogP contribution in [-0.2, 0) is 16.1 Å². The van der Waals surface area contributed by atoms with E-state index in [2.05, 4.69) is 5.43 Å². The van der Waals surface area contributed by atoms with E-state index in [1.165, 1.54) is 4.90 Å². The summed E-state index contributed by atoms with van der Waals surface area (Å²) >= 11 is 0. The molecule has 2 fully saturated rings. The van der Waals surface area contributed by atoms with E-state index in [-0.39, 0.29) is 24.3 Å². The van der Waals surface area contributed by atoms with Crippen LogP contribution in [0.1, 0.15) is 37.7 Å². The molecule has 1 heterocycles. The predicted octanol–water partition coefficient (Wildman–Crippen LogP) is 2.06. The van der Waals surface area contributed by atoms with Crippen molar-refractivity contribution in [3.05, 3.63) is 35.9 Å². The summed E-state index contributed by atoms with van der Waals surface area (Å²) in [4.78, 5) is 38.1. The van der Waals surface area contributed by atoms with Crippen LogP contribution in [0.25, 0.3) is 0 Å². The minimum atomic E-state index is -0.456. The van der Waals surface area contributed by atoms with E-state index in [0.29, 0.717) is 6.54 Å². The fourth-order valence-electron chi connectivity index (χ4n) is 3.15. The van der Waals surface area contributed by atoms with E-state index in [0.717, 1.165) is 42.7 Å². The minimum Gasteiger partial charge on any atom is -0.309 e. The number of rotatable bonds is 4. The van der Waals surface area contributed by atoms with Crippen molar-refractivity contribution < 1.29 is 14.4 Å². The molecule has 0 radical (unpaired) electrons. The zero-order chi connectivity index (χ0) is 16.2. The Hall–Kier alpha value is -2.37. The van der Waals surface area contributed by atoms with Crippen molar-refractivity contribution in [2.45, 2.75) is 38.6 Å². The molecule has 1 aromatic carbocycles. The predicted molar refractivity (Wildman–Crippen MR) is 83.8 cm³/mol. The zero-order valence-electron chi connectivity index (χ0n) is 13.0. The highest BCUT2D eigenvalue weighted by Crippen LogP contribution is 2.24. The molecular weight excluding hydrogens is 294 g/mol. The van der Waals surface area contributed by atoms with Gasteiger partial charge in [0, 0.05) is 12.5 Å². The lowest BCUT2D eigenvalue weighted by Crippen LogP contribution is -2.49. The minimum absolute atomic E-state index is 0.00132. The summed E-state index contributed by atoms with van der Waals surface area (Å²) in [5.74, 6) is -0.685. The average Bonchev–Trinajstić information content (AvgIpc) is 2.84. The van der Waals surface area contributed by atoms with E-state index in [1.54, 1.807) is 0 Å². The maximum absolute atomic E-state index is 12.4. The Bertz CT molecular complexity index is 596. The molecule has 1 saturated heterocycles. The molecule has 1 N–H and O–H groups in total. The molecule has 1 saturated carbocycles. The molecule has 1 aliphatic carbocycles. The first-order valence-corrected chi connectivity index (χ1v) is 8.11. The van der Waals surface area contributed by atoms with Crippen molar-refractivity contribution >= 4 is 17.8 Å². The molecule has 0 unspecified atom stereocenters. The third kappa shape index (κ3) is 3.52. The number of imide groups is 1. The van der Waals surface area contributed by atoms with Crippen LogP contribution in [-0.4, -0.2) is 34.3 Å². The maximum atomic E-state index is 12.4. The van der Waals surface area contributed by atoms with Gasteiger partial charge in [0.15, 0.2) is 0 Å². The van der Waals surface area contributed by atoms with Crippen LogP contribution in [0.3, 0.4) is 0 Å². The summed E-state index contributed by atoms with van der Waals surface area (Å²) in [6, 6.07) is 9.03. The fourth-order valence-corrected chi connectivity index (χ4v) is 3.15. The monoisotopic (exact) mass is 315 g/mol. The van der Waals surface area contributed by atoms with Gasteiger partial charge in [-0.3, -0.25) is 15.0 Å². The van der Waals surface area contributed by atoms with Gasteiger partial charge in [0.05, 0.1) is 0 Å². The first-order chi connectivity index (χ1) is 11.1. The number of hydrogen-bond acceptors (Lipinski definition) is 3. The van der Waals surface area contributed by atoms with E-state index < -0.39 is 6.03 Å². The zero-order valence-corrected chi connectivity index (χ0v) is 13.0. The quantitative estimate of drug-likeness (QED) is 0.865. The Kier molecular flexibility index (Phi) is 4.60. The van der Waals surface area contributed by atoms with Gasteiger partial charge in [0.1, 0.15) is 6.54 Å². The molecular formula is C17H21N3O3. The van der Waals surface area contributed by atoms with Crippen LogP contribution in [0.5, 0.6) is 0 Å². The lowest BCUT2D eigenvalue weighted by atomic mass is 9.89. The summed E-state index contributed by atoms with van der Waals surface area (Å²) in [5, 5.41) is 0.875. The maximum Gasteiger partial charge on any atom is 0.346 e. The van der Waals surface area contributed by atoms with Crippen LogP contribution in [0.2, 0.25) is 0 Å². The molecule has 0 atom stereocenters. The highest BCUT2D eigenvalue weighted by molar-refractivity contribution is 6.03. The number of carbonyl (C=O) groups is 3. The second-order valence-electron chi connectivity index (χ2n) is 6.16. The molecule has 6 heteroatoms. The molecule has 3 rings (SSSR count). The third-order valence-corrected chi connectivity index (χ3v) is 4.45. The van der Waals surface area contributed by atoms with E-state index in [9.17, 15) is 14.4 Å². The van der Waals surface area contributed by atoms with Crippen molar-refractivity contribution in [3.63, 3.8) is 0 Å². The highest BCUT2D eigenvalue weighted by atomic mass is 16.2. The lowest BCUT2D eigenvalue weighted by molar-refractivity contribution is -0.137. The van der Waals surface area contributed by atoms with Gasteiger partial charge in [-0.15, -0.1) is 0 Å². The summed E-state index contributed by atoms with van der Waals surface area (Å²) in [6.45, 7) is 0.361. The smallest absolute Gasteiger partial charge is 0.309 e. The molecule has 0 bridgehead atoms. The van der Waals surface area contributed by atoms with E-state index >= 15 is 0 Å². The molecule has 1 aliphatic heterocycles. The number of benzene rings is 1. The van der Waals surface area contributed by atoms with Gasteiger partial charge >= 0.3 is 6.03 Å². The molecule has 23 heavy (non-hydrogen) atoms. The topological polar surface area (TPSA) is 69.7 Å². The Morgan fingerprint density at radius 3 is 2.48 bits per heavy atom. The number of amides is 4. The molecule has 1 aromatic rings. The van der Waals surface area contributed by atoms with Gasteiger partial charge in [-0.1, -0.05) is 49.6 Å². The van der Waals surface area contributed by atoms with Crippen LogP contribution in [0.15, 0.2) is 30.3 Å². The SMILES string of the molecule is O=C(NN1C(=O)CN(Cc2ccccc2)C1=O)C1CCCCC1. The van der Waals surface area contributed by atoms with Crippen molar-refractivity contribution in [1.29, 1.82) is 0 Å². The largest absolute Gasteiger partial charge is 0.346 e. The number of nitrogens with one attached hydrogen (secondary N) is 1. The van der Waals surface area contributed by atoms with E-state index in [4.69, 9.17) is 0 Å². The molecule has 4 amide bonds. The van der Waals surface area contributed by atoms with Gasteiger partial charge in [-0.25, -0.2) is 4.79 Å². The standard InChI is InChI=1S/C17H21N3O3/c21-15-12-19(11-13-7-3-1-4-8-13)17(23)20(15)18-16(22)14-9-5-2-6-10-14/h1,3-4,7-8,14H,2,5-6,9-12H2,(H,18,22). The fraction of sp³-hybridized carbons (Fsp3) is 0.471. The highest BCUT2D eigenvalue weighted by Gasteiger charge is 2.38. The summed E-state index contributed by atoms with van der Waals surface area (Å²) in [6.07, 6.45) is 4.86.